The molecule has 1 aliphatic carbocycles. The number of anilines is 1. The summed E-state index contributed by atoms with van der Waals surface area (Å²) in [5.41, 5.74) is 7.68. The number of amides is 1. The highest BCUT2D eigenvalue weighted by Gasteiger charge is 2.27. The summed E-state index contributed by atoms with van der Waals surface area (Å²) >= 11 is 0. The largest absolute Gasteiger partial charge is 0.497 e. The molecular weight excluding hydrogens is 228 g/mol. The molecule has 0 aliphatic heterocycles. The van der Waals surface area contributed by atoms with Crippen LogP contribution in [0.4, 0.5) is 5.69 Å². The third-order valence-electron chi connectivity index (χ3n) is 3.54. The second-order valence-electron chi connectivity index (χ2n) is 4.94. The van der Waals surface area contributed by atoms with Gasteiger partial charge in [-0.3, -0.25) is 4.79 Å². The van der Waals surface area contributed by atoms with E-state index in [4.69, 9.17) is 10.5 Å². The SMILES string of the molecule is COc1ccc(NC(=O)C2CCC(N)C2)c(C)c1. The number of hydrogen-bond donors (Lipinski definition) is 2. The maximum atomic E-state index is 12.1. The molecule has 0 radical (unpaired) electrons. The Labute approximate surface area is 108 Å². The van der Waals surface area contributed by atoms with Crippen LogP contribution < -0.4 is 15.8 Å². The number of nitrogens with two attached hydrogens (primary N) is 1. The molecule has 1 aliphatic rings. The molecule has 98 valence electrons. The van der Waals surface area contributed by atoms with Gasteiger partial charge in [0.1, 0.15) is 5.75 Å². The molecule has 0 spiro atoms. The fraction of sp³-hybridized carbons (Fsp3) is 0.500. The van der Waals surface area contributed by atoms with Gasteiger partial charge in [0.15, 0.2) is 0 Å². The maximum absolute atomic E-state index is 12.1. The Morgan fingerprint density at radius 1 is 1.44 bits per heavy atom. The van der Waals surface area contributed by atoms with Crippen LogP contribution in [0.15, 0.2) is 18.2 Å². The van der Waals surface area contributed by atoms with E-state index in [1.807, 2.05) is 25.1 Å². The Morgan fingerprint density at radius 2 is 2.22 bits per heavy atom. The summed E-state index contributed by atoms with van der Waals surface area (Å²) in [7, 11) is 1.63. The van der Waals surface area contributed by atoms with Gasteiger partial charge >= 0.3 is 0 Å². The van der Waals surface area contributed by atoms with Gasteiger partial charge in [0, 0.05) is 17.6 Å². The highest BCUT2D eigenvalue weighted by Crippen LogP contribution is 2.27. The fourth-order valence-corrected chi connectivity index (χ4v) is 2.39. The second-order valence-corrected chi connectivity index (χ2v) is 4.94. The summed E-state index contributed by atoms with van der Waals surface area (Å²) in [6.45, 7) is 1.96. The lowest BCUT2D eigenvalue weighted by Crippen LogP contribution is -2.23. The number of ether oxygens (including phenoxy) is 1. The second kappa shape index (κ2) is 5.40. The quantitative estimate of drug-likeness (QED) is 0.860. The normalized spacial score (nSPS) is 22.8. The van der Waals surface area contributed by atoms with Crippen molar-refractivity contribution in [3.63, 3.8) is 0 Å². The summed E-state index contributed by atoms with van der Waals surface area (Å²) in [4.78, 5) is 12.1. The van der Waals surface area contributed by atoms with Crippen LogP contribution in [-0.4, -0.2) is 19.1 Å². The molecule has 1 amide bonds. The van der Waals surface area contributed by atoms with Crippen LogP contribution in [0.25, 0.3) is 0 Å². The van der Waals surface area contributed by atoms with Gasteiger partial charge in [-0.2, -0.15) is 0 Å². The molecule has 4 nitrogen and oxygen atoms in total. The zero-order valence-corrected chi connectivity index (χ0v) is 10.9. The first kappa shape index (κ1) is 12.9. The summed E-state index contributed by atoms with van der Waals surface area (Å²) in [6.07, 6.45) is 2.63. The molecule has 0 bridgehead atoms. The van der Waals surface area contributed by atoms with Crippen LogP contribution >= 0.6 is 0 Å². The van der Waals surface area contributed by atoms with Crippen LogP contribution in [0.5, 0.6) is 5.75 Å². The molecule has 18 heavy (non-hydrogen) atoms. The van der Waals surface area contributed by atoms with Gasteiger partial charge in [-0.05, 0) is 49.9 Å². The van der Waals surface area contributed by atoms with Gasteiger partial charge in [0.2, 0.25) is 5.91 Å². The molecule has 0 aromatic heterocycles. The van der Waals surface area contributed by atoms with E-state index in [9.17, 15) is 4.79 Å². The van der Waals surface area contributed by atoms with E-state index in [-0.39, 0.29) is 17.9 Å². The number of benzene rings is 1. The van der Waals surface area contributed by atoms with E-state index >= 15 is 0 Å². The first-order valence-corrected chi connectivity index (χ1v) is 6.31. The molecule has 1 saturated carbocycles. The number of aryl methyl sites for hydroxylation is 1. The predicted molar refractivity (Wildman–Crippen MR) is 71.7 cm³/mol. The topological polar surface area (TPSA) is 64.3 Å². The smallest absolute Gasteiger partial charge is 0.227 e. The van der Waals surface area contributed by atoms with E-state index in [1.165, 1.54) is 0 Å². The minimum absolute atomic E-state index is 0.0569. The van der Waals surface area contributed by atoms with E-state index < -0.39 is 0 Å². The zero-order valence-electron chi connectivity index (χ0n) is 10.9. The number of carbonyl (C=O) groups excluding carboxylic acids is 1. The number of nitrogens with one attached hydrogen (secondary N) is 1. The molecule has 4 heteroatoms. The van der Waals surface area contributed by atoms with Crippen molar-refractivity contribution in [2.75, 3.05) is 12.4 Å². The van der Waals surface area contributed by atoms with Crippen molar-refractivity contribution in [2.45, 2.75) is 32.2 Å². The summed E-state index contributed by atoms with van der Waals surface area (Å²) < 4.78 is 5.14. The predicted octanol–water partition coefficient (Wildman–Crippen LogP) is 2.07. The molecule has 1 aromatic rings. The lowest BCUT2D eigenvalue weighted by Gasteiger charge is -2.13. The first-order chi connectivity index (χ1) is 8.60. The fourth-order valence-electron chi connectivity index (χ4n) is 2.39. The molecule has 2 rings (SSSR count). The average molecular weight is 248 g/mol. The Balaban J connectivity index is 2.03. The monoisotopic (exact) mass is 248 g/mol. The van der Waals surface area contributed by atoms with Gasteiger partial charge in [0.05, 0.1) is 7.11 Å². The molecule has 2 atom stereocenters. The van der Waals surface area contributed by atoms with Crippen molar-refractivity contribution in [2.24, 2.45) is 11.7 Å². The zero-order chi connectivity index (χ0) is 13.1. The van der Waals surface area contributed by atoms with E-state index in [0.29, 0.717) is 0 Å². The van der Waals surface area contributed by atoms with Gasteiger partial charge in [-0.25, -0.2) is 0 Å². The standard InChI is InChI=1S/C14H20N2O2/c1-9-7-12(18-2)5-6-13(9)16-14(17)10-3-4-11(15)8-10/h5-7,10-11H,3-4,8,15H2,1-2H3,(H,16,17). The van der Waals surface area contributed by atoms with Gasteiger partial charge in [-0.15, -0.1) is 0 Å². The average Bonchev–Trinajstić information content (AvgIpc) is 2.78. The number of carbonyl (C=O) groups is 1. The Bertz CT molecular complexity index is 445. The van der Waals surface area contributed by atoms with E-state index in [2.05, 4.69) is 5.32 Å². The van der Waals surface area contributed by atoms with Crippen LogP contribution in [-0.2, 0) is 4.79 Å². The third-order valence-corrected chi connectivity index (χ3v) is 3.54. The first-order valence-electron chi connectivity index (χ1n) is 6.31. The number of methoxy groups -OCH3 is 1. The number of rotatable bonds is 3. The highest BCUT2D eigenvalue weighted by atomic mass is 16.5. The minimum Gasteiger partial charge on any atom is -0.497 e. The van der Waals surface area contributed by atoms with Crippen molar-refractivity contribution in [3.05, 3.63) is 23.8 Å². The molecule has 1 fully saturated rings. The van der Waals surface area contributed by atoms with Crippen LogP contribution in [0.1, 0.15) is 24.8 Å². The summed E-state index contributed by atoms with van der Waals surface area (Å²) in [6, 6.07) is 5.82. The third kappa shape index (κ3) is 2.82. The minimum atomic E-state index is 0.0569. The van der Waals surface area contributed by atoms with Crippen molar-refractivity contribution in [1.82, 2.24) is 0 Å². The Hall–Kier alpha value is -1.55. The lowest BCUT2D eigenvalue weighted by atomic mass is 10.1. The van der Waals surface area contributed by atoms with Crippen LogP contribution in [0.3, 0.4) is 0 Å². The van der Waals surface area contributed by atoms with Crippen molar-refractivity contribution in [1.29, 1.82) is 0 Å². The summed E-state index contributed by atoms with van der Waals surface area (Å²) in [5.74, 6) is 0.936. The van der Waals surface area contributed by atoms with E-state index in [0.717, 1.165) is 36.3 Å². The molecule has 1 aromatic carbocycles. The Kier molecular flexibility index (Phi) is 3.87. The van der Waals surface area contributed by atoms with E-state index in [1.54, 1.807) is 7.11 Å². The van der Waals surface area contributed by atoms with Crippen LogP contribution in [0.2, 0.25) is 0 Å². The van der Waals surface area contributed by atoms with Gasteiger partial charge in [0.25, 0.3) is 0 Å². The molecular formula is C14H20N2O2. The summed E-state index contributed by atoms with van der Waals surface area (Å²) in [5, 5.41) is 2.97. The number of hydrogen-bond acceptors (Lipinski definition) is 3. The maximum Gasteiger partial charge on any atom is 0.227 e. The lowest BCUT2D eigenvalue weighted by molar-refractivity contribution is -0.119. The van der Waals surface area contributed by atoms with Crippen LogP contribution in [0, 0.1) is 12.8 Å². The molecule has 0 heterocycles. The van der Waals surface area contributed by atoms with Crippen molar-refractivity contribution in [3.8, 4) is 5.75 Å². The van der Waals surface area contributed by atoms with Gasteiger partial charge in [-0.1, -0.05) is 0 Å². The Morgan fingerprint density at radius 3 is 2.78 bits per heavy atom. The van der Waals surface area contributed by atoms with Crippen molar-refractivity contribution < 1.29 is 9.53 Å². The van der Waals surface area contributed by atoms with Gasteiger partial charge < -0.3 is 15.8 Å². The molecule has 0 saturated heterocycles. The highest BCUT2D eigenvalue weighted by molar-refractivity contribution is 5.93. The van der Waals surface area contributed by atoms with Crippen molar-refractivity contribution >= 4 is 11.6 Å². The molecule has 3 N–H and O–H groups in total. The molecule has 2 unspecified atom stereocenters.